The molecule has 0 spiro atoms. The van der Waals surface area contributed by atoms with Crippen LogP contribution in [0.3, 0.4) is 0 Å². The van der Waals surface area contributed by atoms with Crippen LogP contribution in [0.2, 0.25) is 0 Å². The Morgan fingerprint density at radius 1 is 0.963 bits per heavy atom. The second-order valence-corrected chi connectivity index (χ2v) is 7.32. The van der Waals surface area contributed by atoms with E-state index in [0.717, 1.165) is 16.8 Å². The fraction of sp³-hybridized carbons (Fsp3) is 0.0952. The standard InChI is InChI=1S/C21H18N4OS/c1-24(2)17-11-8-16(9-12-17)14-18-20(26)25-21(27-18)22-19(23-25)13-10-15-6-4-3-5-7-15/h3-14H,1-2H3. The molecule has 0 N–H and O–H groups in total. The summed E-state index contributed by atoms with van der Waals surface area (Å²) < 4.78 is 2.00. The van der Waals surface area contributed by atoms with Crippen molar-refractivity contribution in [3.05, 3.63) is 86.4 Å². The fourth-order valence-corrected chi connectivity index (χ4v) is 3.59. The van der Waals surface area contributed by atoms with Crippen molar-refractivity contribution in [3.63, 3.8) is 0 Å². The van der Waals surface area contributed by atoms with Crippen molar-refractivity contribution in [2.24, 2.45) is 0 Å². The SMILES string of the molecule is CN(C)c1ccc(C=c2sc3nc(C=Cc4ccccc4)nn3c2=O)cc1. The van der Waals surface area contributed by atoms with Gasteiger partial charge in [-0.2, -0.15) is 9.50 Å². The van der Waals surface area contributed by atoms with Crippen LogP contribution >= 0.6 is 11.3 Å². The Morgan fingerprint density at radius 3 is 2.37 bits per heavy atom. The molecule has 0 atom stereocenters. The maximum Gasteiger partial charge on any atom is 0.291 e. The van der Waals surface area contributed by atoms with E-state index < -0.39 is 0 Å². The molecule has 0 fully saturated rings. The number of benzene rings is 2. The third-order valence-corrected chi connectivity index (χ3v) is 5.09. The average Bonchev–Trinajstić information content (AvgIpc) is 3.20. The first-order valence-corrected chi connectivity index (χ1v) is 9.34. The molecule has 2 heterocycles. The first-order chi connectivity index (χ1) is 13.1. The van der Waals surface area contributed by atoms with Crippen molar-refractivity contribution in [2.45, 2.75) is 0 Å². The maximum absolute atomic E-state index is 12.6. The van der Waals surface area contributed by atoms with E-state index in [9.17, 15) is 4.79 Å². The molecule has 4 aromatic rings. The van der Waals surface area contributed by atoms with Crippen molar-refractivity contribution in [2.75, 3.05) is 19.0 Å². The number of fused-ring (bicyclic) bond motifs is 1. The van der Waals surface area contributed by atoms with Crippen LogP contribution < -0.4 is 15.0 Å². The lowest BCUT2D eigenvalue weighted by molar-refractivity contribution is 0.925. The third-order valence-electron chi connectivity index (χ3n) is 4.13. The summed E-state index contributed by atoms with van der Waals surface area (Å²) in [5, 5.41) is 4.32. The van der Waals surface area contributed by atoms with Crippen molar-refractivity contribution in [1.82, 2.24) is 14.6 Å². The predicted molar refractivity (Wildman–Crippen MR) is 112 cm³/mol. The van der Waals surface area contributed by atoms with Gasteiger partial charge in [-0.3, -0.25) is 4.79 Å². The van der Waals surface area contributed by atoms with Gasteiger partial charge in [-0.15, -0.1) is 5.10 Å². The Kier molecular flexibility index (Phi) is 4.56. The summed E-state index contributed by atoms with van der Waals surface area (Å²) in [5.74, 6) is 0.532. The molecule has 0 aliphatic heterocycles. The van der Waals surface area contributed by atoms with Gasteiger partial charge in [0.25, 0.3) is 5.56 Å². The number of hydrogen-bond donors (Lipinski definition) is 0. The molecule has 2 aromatic heterocycles. The molecule has 0 bridgehead atoms. The highest BCUT2D eigenvalue weighted by Crippen LogP contribution is 2.13. The highest BCUT2D eigenvalue weighted by Gasteiger charge is 2.08. The van der Waals surface area contributed by atoms with Crippen LogP contribution in [0.25, 0.3) is 23.2 Å². The van der Waals surface area contributed by atoms with Gasteiger partial charge in [0.2, 0.25) is 4.96 Å². The van der Waals surface area contributed by atoms with Gasteiger partial charge in [-0.25, -0.2) is 0 Å². The first-order valence-electron chi connectivity index (χ1n) is 8.52. The van der Waals surface area contributed by atoms with Crippen molar-refractivity contribution in [1.29, 1.82) is 0 Å². The molecule has 0 aliphatic carbocycles. The molecule has 0 radical (unpaired) electrons. The van der Waals surface area contributed by atoms with Gasteiger partial charge in [-0.1, -0.05) is 59.9 Å². The summed E-state index contributed by atoms with van der Waals surface area (Å²) >= 11 is 1.35. The van der Waals surface area contributed by atoms with Gasteiger partial charge in [0, 0.05) is 19.8 Å². The minimum atomic E-state index is -0.140. The number of thiazole rings is 1. The summed E-state index contributed by atoms with van der Waals surface area (Å²) in [6.07, 6.45) is 5.63. The molecule has 5 nitrogen and oxygen atoms in total. The largest absolute Gasteiger partial charge is 0.378 e. The smallest absolute Gasteiger partial charge is 0.291 e. The average molecular weight is 374 g/mol. The normalized spacial score (nSPS) is 12.3. The summed E-state index contributed by atoms with van der Waals surface area (Å²) in [4.78, 5) is 19.7. The third kappa shape index (κ3) is 3.66. The van der Waals surface area contributed by atoms with Gasteiger partial charge in [0.1, 0.15) is 0 Å². The van der Waals surface area contributed by atoms with Crippen molar-refractivity contribution in [3.8, 4) is 0 Å². The molecule has 4 rings (SSSR count). The van der Waals surface area contributed by atoms with Crippen LogP contribution in [0.1, 0.15) is 17.0 Å². The van der Waals surface area contributed by atoms with Gasteiger partial charge >= 0.3 is 0 Å². The maximum atomic E-state index is 12.6. The number of hydrogen-bond acceptors (Lipinski definition) is 5. The molecular weight excluding hydrogens is 356 g/mol. The molecule has 0 unspecified atom stereocenters. The summed E-state index contributed by atoms with van der Waals surface area (Å²) in [6.45, 7) is 0. The lowest BCUT2D eigenvalue weighted by Crippen LogP contribution is -2.23. The van der Waals surface area contributed by atoms with Crippen LogP contribution in [0.15, 0.2) is 59.4 Å². The van der Waals surface area contributed by atoms with E-state index in [0.29, 0.717) is 15.3 Å². The Hall–Kier alpha value is -3.25. The van der Waals surface area contributed by atoms with Crippen LogP contribution in [0, 0.1) is 0 Å². The zero-order valence-corrected chi connectivity index (χ0v) is 15.9. The van der Waals surface area contributed by atoms with E-state index in [4.69, 9.17) is 0 Å². The highest BCUT2D eigenvalue weighted by molar-refractivity contribution is 7.15. The van der Waals surface area contributed by atoms with E-state index in [1.54, 1.807) is 0 Å². The summed E-state index contributed by atoms with van der Waals surface area (Å²) in [5.41, 5.74) is 3.02. The molecule has 27 heavy (non-hydrogen) atoms. The molecule has 0 saturated heterocycles. The summed E-state index contributed by atoms with van der Waals surface area (Å²) in [6, 6.07) is 18.0. The molecule has 0 aliphatic rings. The number of nitrogens with zero attached hydrogens (tertiary/aromatic N) is 4. The molecule has 0 saturated carbocycles. The molecule has 2 aromatic carbocycles. The molecule has 6 heteroatoms. The van der Waals surface area contributed by atoms with Gasteiger partial charge in [-0.05, 0) is 35.4 Å². The topological polar surface area (TPSA) is 50.5 Å². The Balaban J connectivity index is 1.64. The van der Waals surface area contributed by atoms with E-state index in [1.807, 2.05) is 91.8 Å². The fourth-order valence-electron chi connectivity index (χ4n) is 2.67. The van der Waals surface area contributed by atoms with Gasteiger partial charge in [0.15, 0.2) is 5.82 Å². The van der Waals surface area contributed by atoms with Crippen LogP contribution in [-0.4, -0.2) is 28.7 Å². The quantitative estimate of drug-likeness (QED) is 0.551. The van der Waals surface area contributed by atoms with E-state index in [1.165, 1.54) is 15.9 Å². The highest BCUT2D eigenvalue weighted by atomic mass is 32.1. The van der Waals surface area contributed by atoms with Gasteiger partial charge in [0.05, 0.1) is 4.53 Å². The first kappa shape index (κ1) is 17.2. The molecule has 0 amide bonds. The summed E-state index contributed by atoms with van der Waals surface area (Å²) in [7, 11) is 4.00. The zero-order valence-electron chi connectivity index (χ0n) is 15.0. The van der Waals surface area contributed by atoms with Crippen molar-refractivity contribution < 1.29 is 0 Å². The van der Waals surface area contributed by atoms with E-state index in [-0.39, 0.29) is 5.56 Å². The predicted octanol–water partition coefficient (Wildman–Crippen LogP) is 2.94. The van der Waals surface area contributed by atoms with E-state index in [2.05, 4.69) is 10.1 Å². The number of anilines is 1. The minimum absolute atomic E-state index is 0.140. The van der Waals surface area contributed by atoms with Crippen molar-refractivity contribution >= 4 is 40.2 Å². The van der Waals surface area contributed by atoms with Crippen LogP contribution in [0.4, 0.5) is 5.69 Å². The second kappa shape index (κ2) is 7.17. The molecular formula is C21H18N4OS. The van der Waals surface area contributed by atoms with Crippen LogP contribution in [-0.2, 0) is 0 Å². The van der Waals surface area contributed by atoms with Gasteiger partial charge < -0.3 is 4.90 Å². The lowest BCUT2D eigenvalue weighted by atomic mass is 10.2. The molecule has 134 valence electrons. The Morgan fingerprint density at radius 2 is 1.70 bits per heavy atom. The Bertz CT molecular complexity index is 1210. The number of rotatable bonds is 4. The monoisotopic (exact) mass is 374 g/mol. The van der Waals surface area contributed by atoms with Crippen LogP contribution in [0.5, 0.6) is 0 Å². The zero-order chi connectivity index (χ0) is 18.8. The minimum Gasteiger partial charge on any atom is -0.378 e. The number of aromatic nitrogens is 3. The Labute approximate surface area is 160 Å². The lowest BCUT2D eigenvalue weighted by Gasteiger charge is -2.11. The van der Waals surface area contributed by atoms with E-state index >= 15 is 0 Å². The second-order valence-electron chi connectivity index (χ2n) is 6.31.